The second kappa shape index (κ2) is 41.0. The Morgan fingerprint density at radius 2 is 0.609 bits per heavy atom. The molecule has 0 aliphatic heterocycles. The Hall–Kier alpha value is -0.210. The SMILES string of the molecule is CCCCCCCCCCCCCCCCCCN(CCO)CCCCCCCCCCCCCCCCCC.COS(=O)(=O)O. The van der Waals surface area contributed by atoms with Gasteiger partial charge in [0.1, 0.15) is 0 Å². The lowest BCUT2D eigenvalue weighted by Crippen LogP contribution is -2.29. The maximum atomic E-state index is 9.46. The summed E-state index contributed by atoms with van der Waals surface area (Å²) in [6.07, 6.45) is 45.8. The Morgan fingerprint density at radius 3 is 0.783 bits per heavy atom. The molecule has 0 aromatic rings. The van der Waals surface area contributed by atoms with E-state index in [-0.39, 0.29) is 0 Å². The molecule has 0 spiro atoms. The lowest BCUT2D eigenvalue weighted by Gasteiger charge is -2.21. The Bertz CT molecular complexity index is 610. The number of nitrogens with zero attached hydrogens (tertiary/aromatic N) is 1. The molecule has 0 unspecified atom stereocenters. The highest BCUT2D eigenvalue weighted by molar-refractivity contribution is 7.80. The van der Waals surface area contributed by atoms with Gasteiger partial charge in [-0.05, 0) is 25.9 Å². The van der Waals surface area contributed by atoms with Crippen molar-refractivity contribution in [1.29, 1.82) is 0 Å². The number of hydrogen-bond acceptors (Lipinski definition) is 5. The average Bonchev–Trinajstić information content (AvgIpc) is 3.04. The van der Waals surface area contributed by atoms with Crippen LogP contribution in [-0.4, -0.2) is 56.3 Å². The van der Waals surface area contributed by atoms with Gasteiger partial charge in [0.25, 0.3) is 0 Å². The van der Waals surface area contributed by atoms with Gasteiger partial charge in [-0.15, -0.1) is 0 Å². The minimum absolute atomic E-state index is 0.317. The molecular formula is C39H83NO5S. The molecule has 0 aliphatic rings. The van der Waals surface area contributed by atoms with Crippen LogP contribution in [0.2, 0.25) is 0 Å². The van der Waals surface area contributed by atoms with E-state index in [1.165, 1.54) is 219 Å². The van der Waals surface area contributed by atoms with Crippen LogP contribution in [-0.2, 0) is 14.6 Å². The van der Waals surface area contributed by atoms with Crippen molar-refractivity contribution in [2.24, 2.45) is 0 Å². The molecular weight excluding hydrogens is 594 g/mol. The highest BCUT2D eigenvalue weighted by atomic mass is 32.3. The lowest BCUT2D eigenvalue weighted by atomic mass is 10.0. The number of aliphatic hydroxyl groups excluding tert-OH is 1. The van der Waals surface area contributed by atoms with Gasteiger partial charge in [0.15, 0.2) is 0 Å². The van der Waals surface area contributed by atoms with Crippen molar-refractivity contribution < 1.29 is 22.3 Å². The van der Waals surface area contributed by atoms with Crippen LogP contribution in [0.4, 0.5) is 0 Å². The molecule has 0 aromatic carbocycles. The van der Waals surface area contributed by atoms with Crippen molar-refractivity contribution in [3.63, 3.8) is 0 Å². The largest absolute Gasteiger partial charge is 0.397 e. The van der Waals surface area contributed by atoms with Gasteiger partial charge in [-0.2, -0.15) is 8.42 Å². The molecule has 6 nitrogen and oxygen atoms in total. The monoisotopic (exact) mass is 678 g/mol. The first kappa shape index (κ1) is 47.9. The van der Waals surface area contributed by atoms with E-state index in [2.05, 4.69) is 22.9 Å². The van der Waals surface area contributed by atoms with Crippen LogP contribution >= 0.6 is 0 Å². The lowest BCUT2D eigenvalue weighted by molar-refractivity contribution is 0.190. The van der Waals surface area contributed by atoms with Crippen molar-refractivity contribution in [2.75, 3.05) is 33.4 Å². The van der Waals surface area contributed by atoms with E-state index < -0.39 is 10.4 Å². The molecule has 0 bridgehead atoms. The molecule has 0 radical (unpaired) electrons. The first-order chi connectivity index (χ1) is 22.4. The average molecular weight is 678 g/mol. The smallest absolute Gasteiger partial charge is 0.395 e. The Kier molecular flexibility index (Phi) is 42.7. The van der Waals surface area contributed by atoms with Crippen LogP contribution in [0, 0.1) is 0 Å². The minimum Gasteiger partial charge on any atom is -0.395 e. The summed E-state index contributed by atoms with van der Waals surface area (Å²) in [5, 5.41) is 9.46. The van der Waals surface area contributed by atoms with Crippen molar-refractivity contribution in [1.82, 2.24) is 4.90 Å². The molecule has 46 heavy (non-hydrogen) atoms. The summed E-state index contributed by atoms with van der Waals surface area (Å²) in [6.45, 7) is 8.18. The Morgan fingerprint density at radius 1 is 0.413 bits per heavy atom. The van der Waals surface area contributed by atoms with Crippen LogP contribution in [0.3, 0.4) is 0 Å². The van der Waals surface area contributed by atoms with Crippen molar-refractivity contribution in [2.45, 2.75) is 219 Å². The number of rotatable bonds is 37. The normalized spacial score (nSPS) is 11.7. The molecule has 7 heteroatoms. The fraction of sp³-hybridized carbons (Fsp3) is 1.00. The van der Waals surface area contributed by atoms with Gasteiger partial charge in [0.05, 0.1) is 13.7 Å². The van der Waals surface area contributed by atoms with Gasteiger partial charge in [-0.1, -0.05) is 206 Å². The molecule has 0 aromatic heterocycles. The fourth-order valence-corrected chi connectivity index (χ4v) is 6.24. The summed E-state index contributed by atoms with van der Waals surface area (Å²) >= 11 is 0. The summed E-state index contributed by atoms with van der Waals surface area (Å²) < 4.78 is 29.7. The first-order valence-corrected chi connectivity index (χ1v) is 21.6. The Labute approximate surface area is 289 Å². The van der Waals surface area contributed by atoms with E-state index in [4.69, 9.17) is 4.55 Å². The summed E-state index contributed by atoms with van der Waals surface area (Å²) in [4.78, 5) is 2.52. The van der Waals surface area contributed by atoms with Crippen LogP contribution in [0.5, 0.6) is 0 Å². The molecule has 0 saturated heterocycles. The molecule has 0 atom stereocenters. The third-order valence-electron chi connectivity index (χ3n) is 9.28. The molecule has 0 heterocycles. The van der Waals surface area contributed by atoms with Gasteiger partial charge >= 0.3 is 10.4 Å². The van der Waals surface area contributed by atoms with Crippen molar-refractivity contribution in [3.05, 3.63) is 0 Å². The predicted octanol–water partition coefficient (Wildman–Crippen LogP) is 12.2. The molecule has 0 saturated carbocycles. The molecule has 2 N–H and O–H groups in total. The second-order valence-corrected chi connectivity index (χ2v) is 15.0. The second-order valence-electron chi connectivity index (χ2n) is 13.8. The molecule has 0 fully saturated rings. The molecule has 0 aliphatic carbocycles. The highest BCUT2D eigenvalue weighted by Gasteiger charge is 2.04. The number of hydrogen-bond donors (Lipinski definition) is 2. The maximum absolute atomic E-state index is 9.46. The van der Waals surface area contributed by atoms with Gasteiger partial charge in [0, 0.05) is 6.54 Å². The number of unbranched alkanes of at least 4 members (excludes halogenated alkanes) is 30. The van der Waals surface area contributed by atoms with Crippen LogP contribution in [0.1, 0.15) is 219 Å². The molecule has 280 valence electrons. The van der Waals surface area contributed by atoms with E-state index in [1.54, 1.807) is 0 Å². The third-order valence-corrected chi connectivity index (χ3v) is 9.70. The third kappa shape index (κ3) is 45.9. The van der Waals surface area contributed by atoms with E-state index in [0.717, 1.165) is 13.7 Å². The summed E-state index contributed by atoms with van der Waals surface area (Å²) in [6, 6.07) is 0. The van der Waals surface area contributed by atoms with Gasteiger partial charge in [0.2, 0.25) is 0 Å². The topological polar surface area (TPSA) is 87.1 Å². The summed E-state index contributed by atoms with van der Waals surface area (Å²) in [5.74, 6) is 0. The predicted molar refractivity (Wildman–Crippen MR) is 201 cm³/mol. The van der Waals surface area contributed by atoms with Crippen molar-refractivity contribution >= 4 is 10.4 Å². The van der Waals surface area contributed by atoms with E-state index >= 15 is 0 Å². The molecule has 0 amide bonds. The maximum Gasteiger partial charge on any atom is 0.397 e. The quantitative estimate of drug-likeness (QED) is 0.0502. The first-order valence-electron chi connectivity index (χ1n) is 20.3. The van der Waals surface area contributed by atoms with Crippen LogP contribution in [0.15, 0.2) is 0 Å². The minimum atomic E-state index is -4.16. The summed E-state index contributed by atoms with van der Waals surface area (Å²) in [7, 11) is -3.29. The zero-order chi connectivity index (χ0) is 34.2. The van der Waals surface area contributed by atoms with Crippen LogP contribution < -0.4 is 0 Å². The van der Waals surface area contributed by atoms with Crippen molar-refractivity contribution in [3.8, 4) is 0 Å². The van der Waals surface area contributed by atoms with E-state index in [0.29, 0.717) is 6.61 Å². The standard InChI is InChI=1S/C38H79NO.CH4O4S/c1-3-5-7-9-11-13-15-17-19-21-23-25-27-29-31-33-35-39(37-38-40)36-34-32-30-28-26-24-22-20-18-16-14-12-10-8-6-4-2;1-5-6(2,3)4/h40H,3-38H2,1-2H3;1H3,(H,2,3,4). The van der Waals surface area contributed by atoms with Gasteiger partial charge in [-0.3, -0.25) is 8.74 Å². The highest BCUT2D eigenvalue weighted by Crippen LogP contribution is 2.15. The Balaban J connectivity index is 0. The molecule has 0 rings (SSSR count). The zero-order valence-corrected chi connectivity index (χ0v) is 32.2. The number of aliphatic hydroxyl groups is 1. The van der Waals surface area contributed by atoms with Gasteiger partial charge in [-0.25, -0.2) is 0 Å². The zero-order valence-electron chi connectivity index (χ0n) is 31.4. The van der Waals surface area contributed by atoms with Crippen LogP contribution in [0.25, 0.3) is 0 Å². The fourth-order valence-electron chi connectivity index (χ4n) is 6.24. The van der Waals surface area contributed by atoms with E-state index in [9.17, 15) is 13.5 Å². The summed E-state index contributed by atoms with van der Waals surface area (Å²) in [5.41, 5.74) is 0. The van der Waals surface area contributed by atoms with E-state index in [1.807, 2.05) is 0 Å². The van der Waals surface area contributed by atoms with Gasteiger partial charge < -0.3 is 10.0 Å².